The van der Waals surface area contributed by atoms with Crippen LogP contribution in [0, 0.1) is 6.92 Å². The highest BCUT2D eigenvalue weighted by Crippen LogP contribution is 2.35. The third-order valence-corrected chi connectivity index (χ3v) is 4.02. The first-order valence-corrected chi connectivity index (χ1v) is 6.90. The van der Waals surface area contributed by atoms with Crippen molar-refractivity contribution >= 4 is 0 Å². The summed E-state index contributed by atoms with van der Waals surface area (Å²) in [6.07, 6.45) is 4.09. The van der Waals surface area contributed by atoms with Crippen LogP contribution >= 0.6 is 0 Å². The minimum atomic E-state index is -0.420. The van der Waals surface area contributed by atoms with Gasteiger partial charge in [0.1, 0.15) is 5.75 Å². The Balaban J connectivity index is 1.94. The average molecular weight is 273 g/mol. The first-order valence-electron chi connectivity index (χ1n) is 6.90. The van der Waals surface area contributed by atoms with E-state index in [9.17, 15) is 0 Å². The Kier molecular flexibility index (Phi) is 3.22. The van der Waals surface area contributed by atoms with Gasteiger partial charge >= 0.3 is 0 Å². The van der Waals surface area contributed by atoms with Crippen LogP contribution in [-0.2, 0) is 5.54 Å². The van der Waals surface area contributed by atoms with Crippen LogP contribution in [0.5, 0.6) is 5.75 Å². The minimum Gasteiger partial charge on any atom is -0.496 e. The number of nitrogens with zero attached hydrogens (tertiary/aromatic N) is 2. The monoisotopic (exact) mass is 273 g/mol. The molecule has 0 amide bonds. The Morgan fingerprint density at radius 2 is 2.05 bits per heavy atom. The number of benzene rings is 1. The first-order chi connectivity index (χ1) is 9.62. The van der Waals surface area contributed by atoms with E-state index in [0.29, 0.717) is 11.7 Å². The zero-order valence-corrected chi connectivity index (χ0v) is 11.8. The Labute approximate surface area is 118 Å². The Morgan fingerprint density at radius 3 is 2.75 bits per heavy atom. The molecule has 1 saturated carbocycles. The minimum absolute atomic E-state index is 0.420. The molecule has 1 aromatic heterocycles. The maximum Gasteiger partial charge on any atom is 0.258 e. The van der Waals surface area contributed by atoms with Crippen LogP contribution in [0.1, 0.15) is 37.1 Å². The number of nitrogens with two attached hydrogens (primary N) is 1. The van der Waals surface area contributed by atoms with Crippen LogP contribution in [0.4, 0.5) is 0 Å². The molecule has 0 saturated heterocycles. The molecule has 0 radical (unpaired) electrons. The number of rotatable bonds is 3. The summed E-state index contributed by atoms with van der Waals surface area (Å²) < 4.78 is 10.7. The first kappa shape index (κ1) is 13.1. The van der Waals surface area contributed by atoms with E-state index in [1.54, 1.807) is 7.11 Å². The van der Waals surface area contributed by atoms with Crippen molar-refractivity contribution in [3.05, 3.63) is 29.6 Å². The Bertz CT molecular complexity index is 615. The van der Waals surface area contributed by atoms with Crippen LogP contribution in [0.3, 0.4) is 0 Å². The molecule has 1 aliphatic carbocycles. The lowest BCUT2D eigenvalue weighted by Crippen LogP contribution is -2.34. The summed E-state index contributed by atoms with van der Waals surface area (Å²) in [4.78, 5) is 4.48. The van der Waals surface area contributed by atoms with Gasteiger partial charge in [-0.2, -0.15) is 4.98 Å². The fourth-order valence-corrected chi connectivity index (χ4v) is 2.73. The molecule has 20 heavy (non-hydrogen) atoms. The van der Waals surface area contributed by atoms with Gasteiger partial charge in [0, 0.05) is 5.56 Å². The van der Waals surface area contributed by atoms with Crippen LogP contribution in [0.25, 0.3) is 11.5 Å². The average Bonchev–Trinajstić information content (AvgIpc) is 3.09. The molecule has 2 N–H and O–H groups in total. The lowest BCUT2D eigenvalue weighted by Gasteiger charge is -2.17. The molecule has 2 aromatic rings. The molecule has 3 rings (SSSR count). The van der Waals surface area contributed by atoms with Gasteiger partial charge in [0.2, 0.25) is 0 Å². The third-order valence-electron chi connectivity index (χ3n) is 4.02. The van der Waals surface area contributed by atoms with Gasteiger partial charge in [0.25, 0.3) is 5.89 Å². The molecular formula is C15H19N3O2. The van der Waals surface area contributed by atoms with E-state index in [1.165, 1.54) is 0 Å². The summed E-state index contributed by atoms with van der Waals surface area (Å²) in [6, 6.07) is 5.84. The SMILES string of the molecule is COc1cc(-c2nc(C3(N)CCCC3)no2)ccc1C. The van der Waals surface area contributed by atoms with Crippen LogP contribution in [0.2, 0.25) is 0 Å². The van der Waals surface area contributed by atoms with E-state index in [0.717, 1.165) is 42.6 Å². The summed E-state index contributed by atoms with van der Waals surface area (Å²) in [5.41, 5.74) is 7.85. The van der Waals surface area contributed by atoms with Crippen molar-refractivity contribution in [2.24, 2.45) is 5.73 Å². The second kappa shape index (κ2) is 4.90. The molecule has 0 aliphatic heterocycles. The van der Waals surface area contributed by atoms with Crippen LogP contribution < -0.4 is 10.5 Å². The van der Waals surface area contributed by atoms with Gasteiger partial charge in [0.15, 0.2) is 5.82 Å². The summed E-state index contributed by atoms with van der Waals surface area (Å²) >= 11 is 0. The molecule has 0 bridgehead atoms. The van der Waals surface area contributed by atoms with Gasteiger partial charge in [-0.15, -0.1) is 0 Å². The van der Waals surface area contributed by atoms with Crippen molar-refractivity contribution in [1.82, 2.24) is 10.1 Å². The highest BCUT2D eigenvalue weighted by molar-refractivity contribution is 5.57. The summed E-state index contributed by atoms with van der Waals surface area (Å²) in [5, 5.41) is 4.07. The van der Waals surface area contributed by atoms with Gasteiger partial charge in [-0.25, -0.2) is 0 Å². The molecule has 1 aliphatic rings. The molecule has 0 unspecified atom stereocenters. The van der Waals surface area contributed by atoms with Gasteiger partial charge in [-0.3, -0.25) is 0 Å². The highest BCUT2D eigenvalue weighted by atomic mass is 16.5. The second-order valence-corrected chi connectivity index (χ2v) is 5.47. The van der Waals surface area contributed by atoms with Gasteiger partial charge in [0.05, 0.1) is 12.6 Å². The van der Waals surface area contributed by atoms with Crippen molar-refractivity contribution in [3.8, 4) is 17.2 Å². The summed E-state index contributed by atoms with van der Waals surface area (Å²) in [7, 11) is 1.65. The zero-order valence-electron chi connectivity index (χ0n) is 11.8. The molecule has 0 spiro atoms. The third kappa shape index (κ3) is 2.18. The summed E-state index contributed by atoms with van der Waals surface area (Å²) in [5.74, 6) is 1.92. The predicted molar refractivity (Wildman–Crippen MR) is 75.4 cm³/mol. The summed E-state index contributed by atoms with van der Waals surface area (Å²) in [6.45, 7) is 2.00. The van der Waals surface area contributed by atoms with E-state index in [-0.39, 0.29) is 0 Å². The van der Waals surface area contributed by atoms with E-state index in [1.807, 2.05) is 25.1 Å². The Morgan fingerprint density at radius 1 is 1.30 bits per heavy atom. The van der Waals surface area contributed by atoms with Crippen LogP contribution in [-0.4, -0.2) is 17.3 Å². The van der Waals surface area contributed by atoms with Crippen molar-refractivity contribution < 1.29 is 9.26 Å². The fraction of sp³-hybridized carbons (Fsp3) is 0.467. The number of hydrogen-bond donors (Lipinski definition) is 1. The molecule has 1 heterocycles. The van der Waals surface area contributed by atoms with E-state index in [2.05, 4.69) is 10.1 Å². The van der Waals surface area contributed by atoms with Gasteiger partial charge in [-0.05, 0) is 37.5 Å². The highest BCUT2D eigenvalue weighted by Gasteiger charge is 2.36. The molecular weight excluding hydrogens is 254 g/mol. The van der Waals surface area contributed by atoms with Crippen molar-refractivity contribution in [2.75, 3.05) is 7.11 Å². The molecule has 1 aromatic carbocycles. The number of aryl methyl sites for hydroxylation is 1. The fourth-order valence-electron chi connectivity index (χ4n) is 2.73. The molecule has 5 heteroatoms. The Hall–Kier alpha value is -1.88. The molecule has 5 nitrogen and oxygen atoms in total. The number of methoxy groups -OCH3 is 1. The van der Waals surface area contributed by atoms with Crippen molar-refractivity contribution in [2.45, 2.75) is 38.1 Å². The number of aromatic nitrogens is 2. The predicted octanol–water partition coefficient (Wildman–Crippen LogP) is 2.78. The number of hydrogen-bond acceptors (Lipinski definition) is 5. The molecule has 106 valence electrons. The van der Waals surface area contributed by atoms with Gasteiger partial charge < -0.3 is 15.0 Å². The lowest BCUT2D eigenvalue weighted by atomic mass is 9.98. The zero-order chi connectivity index (χ0) is 14.2. The van der Waals surface area contributed by atoms with Gasteiger partial charge in [-0.1, -0.05) is 24.1 Å². The van der Waals surface area contributed by atoms with Crippen molar-refractivity contribution in [3.63, 3.8) is 0 Å². The number of ether oxygens (including phenoxy) is 1. The molecule has 1 fully saturated rings. The maximum absolute atomic E-state index is 6.34. The standard InChI is InChI=1S/C15H19N3O2/c1-10-5-6-11(9-12(10)19-2)13-17-14(18-20-13)15(16)7-3-4-8-15/h5-6,9H,3-4,7-8,16H2,1-2H3. The second-order valence-electron chi connectivity index (χ2n) is 5.47. The maximum atomic E-state index is 6.34. The topological polar surface area (TPSA) is 74.2 Å². The van der Waals surface area contributed by atoms with Crippen LogP contribution in [0.15, 0.2) is 22.7 Å². The van der Waals surface area contributed by atoms with E-state index >= 15 is 0 Å². The normalized spacial score (nSPS) is 17.4. The van der Waals surface area contributed by atoms with E-state index in [4.69, 9.17) is 15.0 Å². The molecule has 0 atom stereocenters. The smallest absolute Gasteiger partial charge is 0.258 e. The van der Waals surface area contributed by atoms with E-state index < -0.39 is 5.54 Å². The largest absolute Gasteiger partial charge is 0.496 e. The van der Waals surface area contributed by atoms with Crippen molar-refractivity contribution in [1.29, 1.82) is 0 Å². The lowest BCUT2D eigenvalue weighted by molar-refractivity contribution is 0.372. The quantitative estimate of drug-likeness (QED) is 0.930.